The van der Waals surface area contributed by atoms with Crippen LogP contribution in [-0.4, -0.2) is 45.7 Å². The Balaban J connectivity index is 1.62. The summed E-state index contributed by atoms with van der Waals surface area (Å²) in [6.45, 7) is 0.366. The van der Waals surface area contributed by atoms with Crippen molar-refractivity contribution in [2.75, 3.05) is 13.2 Å². The first-order valence-corrected chi connectivity index (χ1v) is 8.44. The highest BCUT2D eigenvalue weighted by Crippen LogP contribution is 2.27. The maximum absolute atomic E-state index is 12.3. The van der Waals surface area contributed by atoms with Crippen LogP contribution in [0, 0.1) is 12.3 Å². The van der Waals surface area contributed by atoms with Crippen LogP contribution in [0.2, 0.25) is 0 Å². The number of thiophene rings is 1. The monoisotopic (exact) mass is 342 g/mol. The van der Waals surface area contributed by atoms with Gasteiger partial charge in [-0.05, 0) is 11.4 Å². The first kappa shape index (κ1) is 13.9. The predicted octanol–water partition coefficient (Wildman–Crippen LogP) is 1.82. The van der Waals surface area contributed by atoms with Crippen LogP contribution in [0.25, 0.3) is 10.6 Å². The van der Waals surface area contributed by atoms with Crippen LogP contribution in [0.1, 0.15) is 5.01 Å². The highest BCUT2D eigenvalue weighted by molar-refractivity contribution is 7.15. The SMILES string of the molecule is C#CCN1NN=C2C(c3nc(-c4cccs4)cs3)=NCN2C1=O. The van der Waals surface area contributed by atoms with Gasteiger partial charge in [0.1, 0.15) is 23.9 Å². The third kappa shape index (κ3) is 2.28. The second-order valence-electron chi connectivity index (χ2n) is 4.70. The van der Waals surface area contributed by atoms with E-state index in [2.05, 4.69) is 26.5 Å². The van der Waals surface area contributed by atoms with E-state index in [9.17, 15) is 4.79 Å². The number of carbonyl (C=O) groups excluding carboxylic acids is 1. The van der Waals surface area contributed by atoms with E-state index >= 15 is 0 Å². The maximum atomic E-state index is 12.3. The first-order valence-electron chi connectivity index (χ1n) is 6.68. The van der Waals surface area contributed by atoms with Crippen LogP contribution in [0.15, 0.2) is 33.0 Å². The van der Waals surface area contributed by atoms with E-state index in [0.29, 0.717) is 11.5 Å². The average molecular weight is 342 g/mol. The van der Waals surface area contributed by atoms with Crippen molar-refractivity contribution >= 4 is 40.3 Å². The molecule has 0 aromatic carbocycles. The van der Waals surface area contributed by atoms with Crippen molar-refractivity contribution in [1.82, 2.24) is 20.4 Å². The van der Waals surface area contributed by atoms with Crippen molar-refractivity contribution in [3.8, 4) is 22.9 Å². The minimum absolute atomic E-state index is 0.140. The number of amidine groups is 1. The molecule has 4 rings (SSSR count). The number of aromatic nitrogens is 1. The molecule has 7 nitrogen and oxygen atoms in total. The number of hydrogen-bond donors (Lipinski definition) is 1. The highest BCUT2D eigenvalue weighted by Gasteiger charge is 2.37. The van der Waals surface area contributed by atoms with Crippen LogP contribution in [0.3, 0.4) is 0 Å². The quantitative estimate of drug-likeness (QED) is 0.865. The van der Waals surface area contributed by atoms with E-state index in [4.69, 9.17) is 6.42 Å². The Hall–Kier alpha value is -2.70. The number of urea groups is 1. The summed E-state index contributed by atoms with van der Waals surface area (Å²) in [6, 6.07) is 3.75. The Bertz CT molecular complexity index is 860. The minimum Gasteiger partial charge on any atom is -0.256 e. The van der Waals surface area contributed by atoms with Crippen LogP contribution in [0.5, 0.6) is 0 Å². The molecule has 0 spiro atoms. The molecule has 0 saturated heterocycles. The van der Waals surface area contributed by atoms with Crippen molar-refractivity contribution in [2.24, 2.45) is 10.1 Å². The second kappa shape index (κ2) is 5.49. The summed E-state index contributed by atoms with van der Waals surface area (Å²) in [5.74, 6) is 2.89. The van der Waals surface area contributed by atoms with E-state index in [1.165, 1.54) is 21.2 Å². The third-order valence-corrected chi connectivity index (χ3v) is 5.05. The van der Waals surface area contributed by atoms with Crippen molar-refractivity contribution < 1.29 is 4.79 Å². The Kier molecular flexibility index (Phi) is 3.33. The summed E-state index contributed by atoms with van der Waals surface area (Å²) < 4.78 is 0. The van der Waals surface area contributed by atoms with Gasteiger partial charge in [-0.25, -0.2) is 20.3 Å². The third-order valence-electron chi connectivity index (χ3n) is 3.31. The molecule has 9 heteroatoms. The van der Waals surface area contributed by atoms with E-state index in [1.54, 1.807) is 11.3 Å². The van der Waals surface area contributed by atoms with Gasteiger partial charge < -0.3 is 0 Å². The lowest BCUT2D eigenvalue weighted by Gasteiger charge is -2.29. The van der Waals surface area contributed by atoms with Gasteiger partial charge in [-0.3, -0.25) is 9.89 Å². The normalized spacial score (nSPS) is 16.6. The number of aliphatic imine (C=N–C) groups is 1. The van der Waals surface area contributed by atoms with E-state index in [0.717, 1.165) is 15.6 Å². The van der Waals surface area contributed by atoms with Gasteiger partial charge in [-0.2, -0.15) is 0 Å². The molecule has 2 aromatic rings. The molecule has 2 aromatic heterocycles. The van der Waals surface area contributed by atoms with E-state index in [-0.39, 0.29) is 19.2 Å². The molecule has 2 aliphatic heterocycles. The van der Waals surface area contributed by atoms with Crippen LogP contribution in [-0.2, 0) is 0 Å². The molecular weight excluding hydrogens is 332 g/mol. The lowest BCUT2D eigenvalue weighted by molar-refractivity contribution is 0.151. The summed E-state index contributed by atoms with van der Waals surface area (Å²) in [6.07, 6.45) is 5.24. The number of nitrogens with one attached hydrogen (secondary N) is 1. The average Bonchev–Trinajstić information content (AvgIpc) is 3.29. The number of rotatable bonds is 3. The lowest BCUT2D eigenvalue weighted by atomic mass is 10.3. The van der Waals surface area contributed by atoms with Crippen molar-refractivity contribution in [3.05, 3.63) is 27.9 Å². The largest absolute Gasteiger partial charge is 0.348 e. The summed E-state index contributed by atoms with van der Waals surface area (Å²) in [5, 5.41) is 10.2. The fourth-order valence-corrected chi connectivity index (χ4v) is 3.83. The summed E-state index contributed by atoms with van der Waals surface area (Å²) in [5.41, 5.74) is 4.19. The van der Waals surface area contributed by atoms with Crippen molar-refractivity contribution in [2.45, 2.75) is 0 Å². The number of nitrogens with zero attached hydrogens (tertiary/aromatic N) is 5. The van der Waals surface area contributed by atoms with Gasteiger partial charge in [0.2, 0.25) is 0 Å². The Morgan fingerprint density at radius 2 is 2.35 bits per heavy atom. The molecule has 0 unspecified atom stereocenters. The minimum atomic E-state index is -0.262. The summed E-state index contributed by atoms with van der Waals surface area (Å²) in [4.78, 5) is 23.9. The summed E-state index contributed by atoms with van der Waals surface area (Å²) >= 11 is 3.12. The number of carbonyl (C=O) groups is 1. The number of amides is 2. The standard InChI is InChI=1S/C14H10N6OS2/c1-2-5-20-14(21)19-8-15-11(12(19)17-18-20)13-16-9(7-23-13)10-4-3-6-22-10/h1,3-4,6-7,18H,5,8H2. The van der Waals surface area contributed by atoms with Crippen molar-refractivity contribution in [1.29, 1.82) is 0 Å². The van der Waals surface area contributed by atoms with Crippen LogP contribution in [0.4, 0.5) is 4.79 Å². The number of hydrogen-bond acceptors (Lipinski definition) is 7. The molecule has 0 bridgehead atoms. The number of fused-ring (bicyclic) bond motifs is 1. The molecular formula is C14H10N6OS2. The van der Waals surface area contributed by atoms with Gasteiger partial charge in [0.15, 0.2) is 5.84 Å². The Labute approximate surface area is 139 Å². The molecule has 0 atom stereocenters. The fraction of sp³-hybridized carbons (Fsp3) is 0.143. The fourth-order valence-electron chi connectivity index (χ4n) is 2.25. The molecule has 114 valence electrons. The highest BCUT2D eigenvalue weighted by atomic mass is 32.1. The zero-order chi connectivity index (χ0) is 15.8. The Morgan fingerprint density at radius 3 is 3.13 bits per heavy atom. The molecule has 23 heavy (non-hydrogen) atoms. The van der Waals surface area contributed by atoms with Gasteiger partial charge in [0.25, 0.3) is 0 Å². The molecule has 2 amide bonds. The molecule has 1 N–H and O–H groups in total. The molecule has 0 aliphatic carbocycles. The first-order chi connectivity index (χ1) is 11.3. The molecule has 0 fully saturated rings. The summed E-state index contributed by atoms with van der Waals surface area (Å²) in [7, 11) is 0. The van der Waals surface area contributed by atoms with Gasteiger partial charge in [-0.15, -0.1) is 34.2 Å². The topological polar surface area (TPSA) is 73.2 Å². The van der Waals surface area contributed by atoms with Gasteiger partial charge in [-0.1, -0.05) is 12.0 Å². The van der Waals surface area contributed by atoms with E-state index < -0.39 is 0 Å². The number of terminal acetylenes is 1. The molecule has 0 radical (unpaired) electrons. The number of hydrazine groups is 1. The van der Waals surface area contributed by atoms with Gasteiger partial charge in [0.05, 0.1) is 10.6 Å². The zero-order valence-electron chi connectivity index (χ0n) is 11.8. The Morgan fingerprint density at radius 1 is 1.43 bits per heavy atom. The number of thiazole rings is 1. The molecule has 0 saturated carbocycles. The number of hydrazone groups is 1. The predicted molar refractivity (Wildman–Crippen MR) is 90.2 cm³/mol. The lowest BCUT2D eigenvalue weighted by Crippen LogP contribution is -2.55. The smallest absolute Gasteiger partial charge is 0.256 e. The van der Waals surface area contributed by atoms with E-state index in [1.807, 2.05) is 22.9 Å². The van der Waals surface area contributed by atoms with Gasteiger partial charge in [0, 0.05) is 5.38 Å². The second-order valence-corrected chi connectivity index (χ2v) is 6.51. The van der Waals surface area contributed by atoms with Crippen molar-refractivity contribution in [3.63, 3.8) is 0 Å². The van der Waals surface area contributed by atoms with Crippen LogP contribution < -0.4 is 5.53 Å². The van der Waals surface area contributed by atoms with Gasteiger partial charge >= 0.3 is 6.03 Å². The zero-order valence-corrected chi connectivity index (χ0v) is 13.4. The maximum Gasteiger partial charge on any atom is 0.348 e. The molecule has 4 heterocycles. The van der Waals surface area contributed by atoms with Crippen LogP contribution >= 0.6 is 22.7 Å². The molecule has 2 aliphatic rings.